The molecule has 0 radical (unpaired) electrons. The minimum absolute atomic E-state index is 0.00614. The van der Waals surface area contributed by atoms with Gasteiger partial charge in [0.25, 0.3) is 16.7 Å². The first-order chi connectivity index (χ1) is 46.7. The van der Waals surface area contributed by atoms with E-state index in [1.165, 1.54) is 9.13 Å². The number of benzene rings is 3. The molecule has 516 valence electrons. The first-order valence-electron chi connectivity index (χ1n) is 33.4. The van der Waals surface area contributed by atoms with Crippen molar-refractivity contribution in [2.75, 3.05) is 19.8 Å². The molecule has 0 aliphatic heterocycles. The average molecular weight is 1330 g/mol. The van der Waals surface area contributed by atoms with E-state index in [2.05, 4.69) is 51.5 Å². The van der Waals surface area contributed by atoms with Crippen molar-refractivity contribution in [2.24, 2.45) is 42.5 Å². The molecular formula is C73H92N12O12. The molecule has 3 aromatic carbocycles. The summed E-state index contributed by atoms with van der Waals surface area (Å²) in [5.41, 5.74) is 2.08. The highest BCUT2D eigenvalue weighted by atomic mass is 16.5. The second-order valence-corrected chi connectivity index (χ2v) is 23.0. The molecule has 0 aliphatic carbocycles. The Morgan fingerprint density at radius 2 is 0.814 bits per heavy atom. The second-order valence-electron chi connectivity index (χ2n) is 23.0. The number of unbranched alkanes of at least 4 members (excludes halogenated alkanes) is 5. The Bertz CT molecular complexity index is 4020. The van der Waals surface area contributed by atoms with Crippen LogP contribution in [-0.2, 0) is 40.3 Å². The third-order valence-electron chi connectivity index (χ3n) is 16.1. The quantitative estimate of drug-likeness (QED) is 0.0153. The van der Waals surface area contributed by atoms with E-state index in [-0.39, 0.29) is 94.1 Å². The molecule has 6 rings (SSSR count). The van der Waals surface area contributed by atoms with Crippen LogP contribution in [0, 0.1) is 59.7 Å². The number of rotatable bonds is 32. The molecule has 2 unspecified atom stereocenters. The van der Waals surface area contributed by atoms with E-state index in [0.29, 0.717) is 84.3 Å². The summed E-state index contributed by atoms with van der Waals surface area (Å²) in [6.45, 7) is 22.9. The van der Waals surface area contributed by atoms with Gasteiger partial charge in [-0.15, -0.1) is 15.3 Å². The van der Waals surface area contributed by atoms with Gasteiger partial charge in [-0.25, -0.2) is 14.4 Å². The minimum atomic E-state index is -0.500. The third-order valence-corrected chi connectivity index (χ3v) is 16.1. The van der Waals surface area contributed by atoms with Crippen molar-refractivity contribution in [3.05, 3.63) is 154 Å². The number of ether oxygens (including phenoxy) is 3. The van der Waals surface area contributed by atoms with Crippen LogP contribution in [0.3, 0.4) is 0 Å². The SMILES string of the molecule is CCCCC(CC)COC(=O)c1ccc(N=Nc2c(C)c(C#N)c(O)n(CCCC)c2=O)cc1.CCCCOC(=O)c1ccc(N=Nc2c(C)c(C#N)c(O)n(CC(CC)CCCC)c2=O)cc1.CCCCn1c(O)c(C#N)c(CC)c(N=Nc2ccc(C(=O)OCC)cc2)c1=O. The van der Waals surface area contributed by atoms with E-state index in [1.807, 2.05) is 45.9 Å². The minimum Gasteiger partial charge on any atom is -0.493 e. The summed E-state index contributed by atoms with van der Waals surface area (Å²) in [4.78, 5) is 75.0. The average Bonchev–Trinajstić information content (AvgIpc) is 0.810. The Hall–Kier alpha value is -10.4. The van der Waals surface area contributed by atoms with Gasteiger partial charge in [-0.2, -0.15) is 31.1 Å². The molecule has 0 bridgehead atoms. The number of nitrogens with zero attached hydrogens (tertiary/aromatic N) is 12. The Morgan fingerprint density at radius 3 is 1.21 bits per heavy atom. The largest absolute Gasteiger partial charge is 0.493 e. The van der Waals surface area contributed by atoms with Gasteiger partial charge in [0.05, 0.1) is 53.6 Å². The molecule has 0 amide bonds. The summed E-state index contributed by atoms with van der Waals surface area (Å²) in [5.74, 6) is -1.66. The zero-order valence-corrected chi connectivity index (χ0v) is 57.8. The summed E-state index contributed by atoms with van der Waals surface area (Å²) < 4.78 is 19.2. The number of azo groups is 3. The number of esters is 3. The lowest BCUT2D eigenvalue weighted by molar-refractivity contribution is 0.0426. The van der Waals surface area contributed by atoms with Crippen molar-refractivity contribution in [1.29, 1.82) is 15.8 Å². The maximum Gasteiger partial charge on any atom is 0.338 e. The van der Waals surface area contributed by atoms with Gasteiger partial charge in [-0.3, -0.25) is 28.1 Å². The van der Waals surface area contributed by atoms with E-state index >= 15 is 0 Å². The molecule has 0 saturated heterocycles. The Morgan fingerprint density at radius 1 is 0.454 bits per heavy atom. The van der Waals surface area contributed by atoms with Crippen LogP contribution in [0.2, 0.25) is 0 Å². The molecule has 97 heavy (non-hydrogen) atoms. The van der Waals surface area contributed by atoms with Crippen LogP contribution in [0.15, 0.2) is 118 Å². The molecule has 0 fully saturated rings. The highest BCUT2D eigenvalue weighted by molar-refractivity contribution is 5.91. The lowest BCUT2D eigenvalue weighted by Gasteiger charge is -2.19. The highest BCUT2D eigenvalue weighted by Crippen LogP contribution is 2.32. The number of carbonyl (C=O) groups is 3. The smallest absolute Gasteiger partial charge is 0.338 e. The van der Waals surface area contributed by atoms with Gasteiger partial charge >= 0.3 is 17.9 Å². The van der Waals surface area contributed by atoms with Gasteiger partial charge in [0.2, 0.25) is 17.6 Å². The van der Waals surface area contributed by atoms with E-state index in [1.54, 1.807) is 100 Å². The van der Waals surface area contributed by atoms with Crippen LogP contribution >= 0.6 is 0 Å². The van der Waals surface area contributed by atoms with E-state index < -0.39 is 28.6 Å². The number of nitriles is 3. The molecule has 2 atom stereocenters. The Labute approximate surface area is 567 Å². The zero-order valence-electron chi connectivity index (χ0n) is 57.8. The molecule has 0 aliphatic rings. The predicted molar refractivity (Wildman–Crippen MR) is 370 cm³/mol. The monoisotopic (exact) mass is 1330 g/mol. The molecule has 24 heteroatoms. The van der Waals surface area contributed by atoms with Gasteiger partial charge in [0.15, 0.2) is 17.1 Å². The van der Waals surface area contributed by atoms with Crippen molar-refractivity contribution in [1.82, 2.24) is 13.7 Å². The normalized spacial score (nSPS) is 11.6. The molecule has 0 saturated carbocycles. The van der Waals surface area contributed by atoms with Crippen LogP contribution in [0.25, 0.3) is 0 Å². The molecular weight excluding hydrogens is 1240 g/mol. The van der Waals surface area contributed by atoms with Crippen molar-refractivity contribution >= 4 is 52.0 Å². The maximum atomic E-state index is 13.2. The lowest BCUT2D eigenvalue weighted by Crippen LogP contribution is -2.25. The van der Waals surface area contributed by atoms with Crippen LogP contribution < -0.4 is 16.7 Å². The summed E-state index contributed by atoms with van der Waals surface area (Å²) in [7, 11) is 0. The van der Waals surface area contributed by atoms with Crippen LogP contribution in [0.1, 0.15) is 217 Å². The molecule has 0 spiro atoms. The van der Waals surface area contributed by atoms with Crippen LogP contribution in [0.5, 0.6) is 17.6 Å². The van der Waals surface area contributed by atoms with Crippen LogP contribution in [-0.4, -0.2) is 66.7 Å². The van der Waals surface area contributed by atoms with E-state index in [4.69, 9.17) is 14.2 Å². The van der Waals surface area contributed by atoms with E-state index in [9.17, 15) is 59.9 Å². The molecule has 3 N–H and O–H groups in total. The second kappa shape index (κ2) is 41.4. The number of pyridine rings is 3. The fourth-order valence-corrected chi connectivity index (χ4v) is 9.91. The number of carbonyl (C=O) groups excluding carboxylic acids is 3. The van der Waals surface area contributed by atoms with Crippen molar-refractivity contribution in [2.45, 2.75) is 192 Å². The topological polar surface area (TPSA) is 351 Å². The van der Waals surface area contributed by atoms with Gasteiger partial charge in [-0.1, -0.05) is 113 Å². The van der Waals surface area contributed by atoms with Crippen molar-refractivity contribution in [3.63, 3.8) is 0 Å². The highest BCUT2D eigenvalue weighted by Gasteiger charge is 2.24. The number of aromatic hydroxyl groups is 3. The summed E-state index contributed by atoms with van der Waals surface area (Å²) >= 11 is 0. The number of aromatic nitrogens is 3. The summed E-state index contributed by atoms with van der Waals surface area (Å²) in [6, 6.07) is 25.0. The van der Waals surface area contributed by atoms with Gasteiger partial charge in [-0.05, 0) is 144 Å². The number of hydrogen-bond acceptors (Lipinski definition) is 21. The lowest BCUT2D eigenvalue weighted by atomic mass is 9.99. The Kier molecular flexibility index (Phi) is 33.8. The summed E-state index contributed by atoms with van der Waals surface area (Å²) in [5, 5.41) is 84.4. The molecule has 6 aromatic rings. The molecule has 24 nitrogen and oxygen atoms in total. The van der Waals surface area contributed by atoms with Crippen molar-refractivity contribution in [3.8, 4) is 35.8 Å². The Balaban J connectivity index is 0.000000310. The fourth-order valence-electron chi connectivity index (χ4n) is 9.91. The van der Waals surface area contributed by atoms with Gasteiger partial charge in [0.1, 0.15) is 34.9 Å². The third kappa shape index (κ3) is 22.3. The fraction of sp³-hybridized carbons (Fsp3) is 0.466. The van der Waals surface area contributed by atoms with Crippen molar-refractivity contribution < 1.29 is 43.9 Å². The number of hydrogen-bond donors (Lipinski definition) is 3. The zero-order chi connectivity index (χ0) is 71.6. The standard InChI is InChI=1S/2C26H34N4O4.C21H24N4O4/c1-5-8-10-19(7-3)17-30-24(31)22(16-27)18(4)23(25(30)32)29-28-21-13-11-20(12-14-21)26(33)34-15-9-6-2;1-5-8-10-19(7-3)17-34-26(33)20-11-13-21(14-12-20)28-29-23-18(4)22(16-27)24(31)30(25(23)32)15-9-6-2;1-4-7-12-25-19(26)17(13-22)16(5-2)18(20(25)27)24-23-15-10-8-14(9-11-15)21(28)29-6-3/h2*11-14,19,31H,5-10,15,17H2,1-4H3;8-11,26H,4-7,12H2,1-3H3. The van der Waals surface area contributed by atoms with Gasteiger partial charge < -0.3 is 29.5 Å². The molecule has 3 heterocycles. The molecule has 3 aromatic heterocycles. The van der Waals surface area contributed by atoms with Crippen LogP contribution in [0.4, 0.5) is 34.1 Å². The maximum absolute atomic E-state index is 13.2. The summed E-state index contributed by atoms with van der Waals surface area (Å²) in [6.07, 6.45) is 13.2. The van der Waals surface area contributed by atoms with Gasteiger partial charge in [0, 0.05) is 36.3 Å². The first-order valence-corrected chi connectivity index (χ1v) is 33.4. The predicted octanol–water partition coefficient (Wildman–Crippen LogP) is 17.0. The first kappa shape index (κ1) is 79.0. The van der Waals surface area contributed by atoms with E-state index in [0.717, 1.165) is 81.6 Å².